The van der Waals surface area contributed by atoms with Gasteiger partial charge in [-0.15, -0.1) is 11.3 Å². The lowest BCUT2D eigenvalue weighted by Crippen LogP contribution is -2.38. The van der Waals surface area contributed by atoms with Crippen LogP contribution >= 0.6 is 11.3 Å². The number of imide groups is 1. The van der Waals surface area contributed by atoms with Gasteiger partial charge in [0.25, 0.3) is 5.91 Å². The Morgan fingerprint density at radius 2 is 1.84 bits per heavy atom. The number of nitrogens with zero attached hydrogens (tertiary/aromatic N) is 2. The predicted octanol–water partition coefficient (Wildman–Crippen LogP) is 5.29. The Balaban J connectivity index is 1.43. The molecule has 1 atom stereocenters. The second-order valence-corrected chi connectivity index (χ2v) is 9.37. The summed E-state index contributed by atoms with van der Waals surface area (Å²) in [5.74, 6) is -2.49. The number of fused-ring (bicyclic) bond motifs is 1. The van der Waals surface area contributed by atoms with Crippen LogP contribution < -0.4 is 20.3 Å². The minimum absolute atomic E-state index is 0.0886. The average molecular weight is 541 g/mol. The van der Waals surface area contributed by atoms with E-state index in [9.17, 15) is 27.6 Å². The molecule has 0 spiro atoms. The Kier molecular flexibility index (Phi) is 6.49. The molecule has 1 saturated heterocycles. The monoisotopic (exact) mass is 540 g/mol. The van der Waals surface area contributed by atoms with E-state index in [4.69, 9.17) is 4.74 Å². The SMILES string of the molecule is Cc1cc(COc2ccc(N(C(=O)C(F)(F)F)c3ccsc3C3NC(=O)NC3=O)cc2)c2ccccc2n1. The van der Waals surface area contributed by atoms with Gasteiger partial charge in [-0.3, -0.25) is 24.8 Å². The molecule has 2 aromatic carbocycles. The van der Waals surface area contributed by atoms with Crippen molar-refractivity contribution in [2.75, 3.05) is 4.90 Å². The molecule has 0 aliphatic carbocycles. The number of aryl methyl sites for hydroxylation is 1. The van der Waals surface area contributed by atoms with Crippen molar-refractivity contribution in [3.05, 3.63) is 82.2 Å². The van der Waals surface area contributed by atoms with Crippen molar-refractivity contribution < 1.29 is 32.3 Å². The summed E-state index contributed by atoms with van der Waals surface area (Å²) in [4.78, 5) is 41.3. The number of alkyl halides is 3. The van der Waals surface area contributed by atoms with Crippen LogP contribution in [0.3, 0.4) is 0 Å². The minimum Gasteiger partial charge on any atom is -0.489 e. The van der Waals surface area contributed by atoms with Crippen LogP contribution in [0.25, 0.3) is 10.9 Å². The lowest BCUT2D eigenvalue weighted by atomic mass is 10.1. The van der Waals surface area contributed by atoms with E-state index in [0.717, 1.165) is 33.5 Å². The molecule has 1 unspecified atom stereocenters. The number of carbonyl (C=O) groups is 3. The molecule has 2 aromatic heterocycles. The van der Waals surface area contributed by atoms with E-state index in [1.165, 1.54) is 35.7 Å². The summed E-state index contributed by atoms with van der Waals surface area (Å²) >= 11 is 0.948. The van der Waals surface area contributed by atoms with E-state index in [2.05, 4.69) is 10.3 Å². The molecule has 4 aromatic rings. The van der Waals surface area contributed by atoms with Crippen LogP contribution in [-0.2, 0) is 16.2 Å². The van der Waals surface area contributed by atoms with Gasteiger partial charge in [0.2, 0.25) is 0 Å². The van der Waals surface area contributed by atoms with Crippen LogP contribution in [0.15, 0.2) is 66.0 Å². The van der Waals surface area contributed by atoms with E-state index >= 15 is 0 Å². The number of carbonyl (C=O) groups excluding carboxylic acids is 3. The van der Waals surface area contributed by atoms with Crippen molar-refractivity contribution in [2.24, 2.45) is 0 Å². The fourth-order valence-electron chi connectivity index (χ4n) is 4.18. The van der Waals surface area contributed by atoms with Crippen LogP contribution in [-0.4, -0.2) is 29.0 Å². The highest BCUT2D eigenvalue weighted by molar-refractivity contribution is 7.10. The number of nitrogens with one attached hydrogen (secondary N) is 2. The number of benzene rings is 2. The first kappa shape index (κ1) is 25.2. The van der Waals surface area contributed by atoms with Gasteiger partial charge < -0.3 is 10.1 Å². The summed E-state index contributed by atoms with van der Waals surface area (Å²) in [6.45, 7) is 2.07. The molecule has 1 aliphatic rings. The fourth-order valence-corrected chi connectivity index (χ4v) is 5.10. The van der Waals surface area contributed by atoms with Gasteiger partial charge in [0, 0.05) is 22.3 Å². The number of hydrogen-bond acceptors (Lipinski definition) is 6. The number of halogens is 3. The molecule has 5 rings (SSSR count). The molecule has 0 bridgehead atoms. The Morgan fingerprint density at radius 1 is 1.11 bits per heavy atom. The average Bonchev–Trinajstić information content (AvgIpc) is 3.48. The van der Waals surface area contributed by atoms with Crippen molar-refractivity contribution in [2.45, 2.75) is 25.7 Å². The molecule has 0 radical (unpaired) electrons. The standard InChI is InChI=1S/C26H19F3N4O4S/c1-14-12-15(18-4-2-3-5-19(18)30-14)13-37-17-8-6-16(7-9-17)33(24(35)26(27,28)29)20-10-11-38-22(20)21-23(34)32-25(36)31-21/h2-12,21H,13H2,1H3,(H2,31,32,34,36). The summed E-state index contributed by atoms with van der Waals surface area (Å²) in [6.07, 6.45) is -5.20. The minimum atomic E-state index is -5.20. The van der Waals surface area contributed by atoms with E-state index in [1.54, 1.807) is 0 Å². The second kappa shape index (κ2) is 9.78. The van der Waals surface area contributed by atoms with Crippen LogP contribution in [0.4, 0.5) is 29.3 Å². The third-order valence-electron chi connectivity index (χ3n) is 5.82. The first-order chi connectivity index (χ1) is 18.1. The number of rotatable bonds is 6. The summed E-state index contributed by atoms with van der Waals surface area (Å²) in [6, 6.07) is 14.4. The number of ether oxygens (including phenoxy) is 1. The van der Waals surface area contributed by atoms with Crippen molar-refractivity contribution in [3.63, 3.8) is 0 Å². The van der Waals surface area contributed by atoms with E-state index < -0.39 is 30.1 Å². The summed E-state index contributed by atoms with van der Waals surface area (Å²) in [5.41, 5.74) is 2.28. The molecule has 3 heterocycles. The molecule has 4 amide bonds. The number of urea groups is 1. The summed E-state index contributed by atoms with van der Waals surface area (Å²) in [5, 5.41) is 6.76. The Hall–Kier alpha value is -4.45. The zero-order valence-corrected chi connectivity index (χ0v) is 20.5. The molecule has 1 aliphatic heterocycles. The normalized spacial score (nSPS) is 15.3. The van der Waals surface area contributed by atoms with Gasteiger partial charge in [-0.05, 0) is 54.8 Å². The molecular formula is C26H19F3N4O4S. The summed E-state index contributed by atoms with van der Waals surface area (Å²) in [7, 11) is 0. The van der Waals surface area contributed by atoms with Crippen molar-refractivity contribution >= 4 is 51.5 Å². The number of amides is 4. The quantitative estimate of drug-likeness (QED) is 0.324. The van der Waals surface area contributed by atoms with Crippen molar-refractivity contribution in [3.8, 4) is 5.75 Å². The third kappa shape index (κ3) is 4.90. The molecule has 194 valence electrons. The second-order valence-electron chi connectivity index (χ2n) is 8.43. The van der Waals surface area contributed by atoms with Gasteiger partial charge in [0.05, 0.1) is 16.1 Å². The van der Waals surface area contributed by atoms with Gasteiger partial charge >= 0.3 is 18.1 Å². The topological polar surface area (TPSA) is 101 Å². The van der Waals surface area contributed by atoms with E-state index in [-0.39, 0.29) is 22.9 Å². The highest BCUT2D eigenvalue weighted by Crippen LogP contribution is 2.40. The fraction of sp³-hybridized carbons (Fsp3) is 0.154. The summed E-state index contributed by atoms with van der Waals surface area (Å²) < 4.78 is 46.7. The lowest BCUT2D eigenvalue weighted by Gasteiger charge is -2.25. The molecule has 12 heteroatoms. The first-order valence-electron chi connectivity index (χ1n) is 11.3. The van der Waals surface area contributed by atoms with Crippen molar-refractivity contribution in [1.82, 2.24) is 15.6 Å². The van der Waals surface area contributed by atoms with Crippen LogP contribution in [0.5, 0.6) is 5.75 Å². The van der Waals surface area contributed by atoms with Gasteiger partial charge in [0.1, 0.15) is 18.4 Å². The smallest absolute Gasteiger partial charge is 0.472 e. The molecule has 8 nitrogen and oxygen atoms in total. The molecule has 0 saturated carbocycles. The van der Waals surface area contributed by atoms with Crippen LogP contribution in [0, 0.1) is 6.92 Å². The zero-order chi connectivity index (χ0) is 27.0. The van der Waals surface area contributed by atoms with Crippen LogP contribution in [0.2, 0.25) is 0 Å². The number of aromatic nitrogens is 1. The van der Waals surface area contributed by atoms with Gasteiger partial charge in [-0.2, -0.15) is 13.2 Å². The maximum absolute atomic E-state index is 13.6. The van der Waals surface area contributed by atoms with Crippen LogP contribution in [0.1, 0.15) is 22.2 Å². The zero-order valence-electron chi connectivity index (χ0n) is 19.7. The largest absolute Gasteiger partial charge is 0.489 e. The number of anilines is 2. The highest BCUT2D eigenvalue weighted by Gasteiger charge is 2.45. The highest BCUT2D eigenvalue weighted by atomic mass is 32.1. The molecule has 1 fully saturated rings. The maximum atomic E-state index is 13.6. The Labute approximate surface area is 218 Å². The van der Waals surface area contributed by atoms with Gasteiger partial charge in [-0.1, -0.05) is 18.2 Å². The molecular weight excluding hydrogens is 521 g/mol. The van der Waals surface area contributed by atoms with E-state index in [1.807, 2.05) is 42.6 Å². The predicted molar refractivity (Wildman–Crippen MR) is 134 cm³/mol. The third-order valence-corrected chi connectivity index (χ3v) is 6.79. The number of hydrogen-bond donors (Lipinski definition) is 2. The Morgan fingerprint density at radius 3 is 2.53 bits per heavy atom. The number of para-hydroxylation sites is 1. The molecule has 38 heavy (non-hydrogen) atoms. The number of thiophene rings is 1. The lowest BCUT2D eigenvalue weighted by molar-refractivity contribution is -0.169. The molecule has 2 N–H and O–H groups in total. The van der Waals surface area contributed by atoms with E-state index in [0.29, 0.717) is 10.6 Å². The number of pyridine rings is 1. The van der Waals surface area contributed by atoms with Gasteiger partial charge in [0.15, 0.2) is 0 Å². The Bertz CT molecular complexity index is 1550. The van der Waals surface area contributed by atoms with Gasteiger partial charge in [-0.25, -0.2) is 4.79 Å². The van der Waals surface area contributed by atoms with Crippen molar-refractivity contribution in [1.29, 1.82) is 0 Å². The first-order valence-corrected chi connectivity index (χ1v) is 12.2. The maximum Gasteiger partial charge on any atom is 0.472 e.